The van der Waals surface area contributed by atoms with Gasteiger partial charge in [-0.2, -0.15) is 0 Å². The van der Waals surface area contributed by atoms with E-state index >= 15 is 0 Å². The zero-order chi connectivity index (χ0) is 16.3. The smallest absolute Gasteiger partial charge is 0.339 e. The van der Waals surface area contributed by atoms with Crippen molar-refractivity contribution in [3.8, 4) is 17.1 Å². The van der Waals surface area contributed by atoms with Gasteiger partial charge in [0.2, 0.25) is 0 Å². The van der Waals surface area contributed by atoms with Gasteiger partial charge in [0.05, 0.1) is 23.6 Å². The molecule has 0 atom stereocenters. The highest BCUT2D eigenvalue weighted by Crippen LogP contribution is 2.46. The minimum Gasteiger partial charge on any atom is -0.339 e. The van der Waals surface area contributed by atoms with Gasteiger partial charge in [-0.3, -0.25) is 0 Å². The molecule has 2 aliphatic heterocycles. The zero-order valence-corrected chi connectivity index (χ0v) is 13.1. The van der Waals surface area contributed by atoms with Crippen LogP contribution in [0.5, 0.6) is 0 Å². The van der Waals surface area contributed by atoms with Crippen molar-refractivity contribution in [1.82, 2.24) is 14.3 Å². The van der Waals surface area contributed by atoms with Gasteiger partial charge in [-0.1, -0.05) is 30.3 Å². The third-order valence-corrected chi connectivity index (χ3v) is 4.79. The van der Waals surface area contributed by atoms with Crippen LogP contribution in [0.3, 0.4) is 0 Å². The second-order valence-electron chi connectivity index (χ2n) is 6.12. The molecule has 3 aromatic rings. The number of hydrogen-bond donors (Lipinski definition) is 0. The van der Waals surface area contributed by atoms with Crippen LogP contribution in [0.1, 0.15) is 5.56 Å². The van der Waals surface area contributed by atoms with Crippen LogP contribution in [0.15, 0.2) is 59.9 Å². The van der Waals surface area contributed by atoms with Crippen LogP contribution in [-0.2, 0) is 13.0 Å². The Morgan fingerprint density at radius 1 is 1.12 bits per heavy atom. The molecule has 0 aliphatic carbocycles. The van der Waals surface area contributed by atoms with Gasteiger partial charge in [-0.05, 0) is 30.2 Å². The van der Waals surface area contributed by atoms with Gasteiger partial charge >= 0.3 is 5.69 Å². The normalized spacial score (nSPS) is 13.9. The summed E-state index contributed by atoms with van der Waals surface area (Å²) in [6.07, 6.45) is 2.71. The lowest BCUT2D eigenvalue weighted by Gasteiger charge is -2.21. The Hall–Kier alpha value is -3.08. The monoisotopic (exact) mass is 316 g/mol. The maximum absolute atomic E-state index is 12.9. The Morgan fingerprint density at radius 2 is 1.96 bits per heavy atom. The topological polar surface area (TPSA) is 43.1 Å². The minimum absolute atomic E-state index is 0.129. The molecule has 3 heterocycles. The first-order chi connectivity index (χ1) is 11.8. The molecule has 0 spiro atoms. The number of para-hydroxylation sites is 3. The first-order valence-corrected chi connectivity index (χ1v) is 8.09. The number of allylic oxidation sites excluding steroid dienone is 1. The molecule has 1 aromatic heterocycles. The molecular weight excluding hydrogens is 300 g/mol. The summed E-state index contributed by atoms with van der Waals surface area (Å²) >= 11 is 0. The molecule has 0 N–H and O–H groups in total. The summed E-state index contributed by atoms with van der Waals surface area (Å²) in [6.45, 7) is 5.06. The number of benzene rings is 2. The molecule has 24 heavy (non-hydrogen) atoms. The van der Waals surface area contributed by atoms with E-state index in [-0.39, 0.29) is 5.69 Å². The van der Waals surface area contributed by atoms with Gasteiger partial charge < -0.3 is 4.90 Å². The van der Waals surface area contributed by atoms with Gasteiger partial charge in [0, 0.05) is 12.1 Å². The SMILES string of the molecule is C=CCn1nc2n(c1=O)-c1ccccc1N1CCc3cccc-2c31. The lowest BCUT2D eigenvalue weighted by molar-refractivity contribution is 0.668. The lowest BCUT2D eigenvalue weighted by Crippen LogP contribution is -2.24. The molecule has 5 nitrogen and oxygen atoms in total. The van der Waals surface area contributed by atoms with Crippen molar-refractivity contribution in [1.29, 1.82) is 0 Å². The Morgan fingerprint density at radius 3 is 2.79 bits per heavy atom. The van der Waals surface area contributed by atoms with Crippen molar-refractivity contribution in [2.75, 3.05) is 11.4 Å². The van der Waals surface area contributed by atoms with Gasteiger partial charge in [0.15, 0.2) is 5.82 Å². The molecular formula is C19H16N4O. The fourth-order valence-electron chi connectivity index (χ4n) is 3.80. The molecule has 0 radical (unpaired) electrons. The average Bonchev–Trinajstić information content (AvgIpc) is 3.14. The summed E-state index contributed by atoms with van der Waals surface area (Å²) in [6, 6.07) is 14.3. The van der Waals surface area contributed by atoms with Crippen molar-refractivity contribution in [3.63, 3.8) is 0 Å². The predicted octanol–water partition coefficient (Wildman–Crippen LogP) is 2.89. The van der Waals surface area contributed by atoms with Crippen molar-refractivity contribution in [2.24, 2.45) is 0 Å². The summed E-state index contributed by atoms with van der Waals surface area (Å²) in [5.74, 6) is 0.704. The Bertz CT molecular complexity index is 1040. The summed E-state index contributed by atoms with van der Waals surface area (Å²) < 4.78 is 3.20. The minimum atomic E-state index is -0.129. The lowest BCUT2D eigenvalue weighted by atomic mass is 10.1. The van der Waals surface area contributed by atoms with E-state index in [0.29, 0.717) is 12.4 Å². The Labute approximate surface area is 139 Å². The molecule has 0 unspecified atom stereocenters. The van der Waals surface area contributed by atoms with Crippen molar-refractivity contribution < 1.29 is 0 Å². The van der Waals surface area contributed by atoms with E-state index in [9.17, 15) is 4.79 Å². The fraction of sp³-hybridized carbons (Fsp3) is 0.158. The van der Waals surface area contributed by atoms with E-state index in [4.69, 9.17) is 0 Å². The molecule has 0 fully saturated rings. The number of aromatic nitrogens is 3. The Balaban J connectivity index is 1.95. The Kier molecular flexibility index (Phi) is 2.62. The summed E-state index contributed by atoms with van der Waals surface area (Å²) in [7, 11) is 0. The highest BCUT2D eigenvalue weighted by Gasteiger charge is 2.32. The molecule has 0 saturated heterocycles. The number of anilines is 2. The number of hydrogen-bond acceptors (Lipinski definition) is 3. The van der Waals surface area contributed by atoms with E-state index in [1.54, 1.807) is 10.6 Å². The first-order valence-electron chi connectivity index (χ1n) is 8.09. The van der Waals surface area contributed by atoms with Crippen molar-refractivity contribution in [3.05, 3.63) is 71.2 Å². The fourth-order valence-corrected chi connectivity index (χ4v) is 3.80. The van der Waals surface area contributed by atoms with Crippen LogP contribution in [0, 0.1) is 0 Å². The van der Waals surface area contributed by atoms with Crippen LogP contribution in [-0.4, -0.2) is 20.9 Å². The zero-order valence-electron chi connectivity index (χ0n) is 13.1. The average molecular weight is 316 g/mol. The molecule has 2 aromatic carbocycles. The summed E-state index contributed by atoms with van der Waals surface area (Å²) in [5.41, 5.74) is 5.32. The van der Waals surface area contributed by atoms with E-state index in [2.05, 4.69) is 40.8 Å². The largest absolute Gasteiger partial charge is 0.351 e. The molecule has 0 amide bonds. The van der Waals surface area contributed by atoms with Crippen LogP contribution in [0.2, 0.25) is 0 Å². The van der Waals surface area contributed by atoms with Gasteiger partial charge in [0.1, 0.15) is 0 Å². The second-order valence-corrected chi connectivity index (χ2v) is 6.12. The molecule has 2 aliphatic rings. The van der Waals surface area contributed by atoms with E-state index in [1.165, 1.54) is 15.9 Å². The van der Waals surface area contributed by atoms with Crippen molar-refractivity contribution in [2.45, 2.75) is 13.0 Å². The number of fused-ring (bicyclic) bond motifs is 5. The van der Waals surface area contributed by atoms with Crippen LogP contribution in [0.4, 0.5) is 11.4 Å². The second kappa shape index (κ2) is 4.71. The quantitative estimate of drug-likeness (QED) is 0.683. The highest BCUT2D eigenvalue weighted by molar-refractivity contribution is 5.89. The van der Waals surface area contributed by atoms with Gasteiger partial charge in [-0.25, -0.2) is 14.0 Å². The van der Waals surface area contributed by atoms with E-state index in [0.717, 1.165) is 29.9 Å². The molecule has 5 rings (SSSR count). The van der Waals surface area contributed by atoms with E-state index < -0.39 is 0 Å². The predicted molar refractivity (Wildman–Crippen MR) is 94.2 cm³/mol. The number of nitrogens with zero attached hydrogens (tertiary/aromatic N) is 4. The van der Waals surface area contributed by atoms with Crippen LogP contribution >= 0.6 is 0 Å². The van der Waals surface area contributed by atoms with Crippen molar-refractivity contribution >= 4 is 11.4 Å². The first kappa shape index (κ1) is 13.4. The van der Waals surface area contributed by atoms with Crippen LogP contribution in [0.25, 0.3) is 17.1 Å². The molecule has 0 bridgehead atoms. The summed E-state index contributed by atoms with van der Waals surface area (Å²) in [5, 5.41) is 4.61. The van der Waals surface area contributed by atoms with E-state index in [1.807, 2.05) is 18.2 Å². The standard InChI is InChI=1S/C19H16N4O/c1-2-11-22-19(24)23-16-9-4-3-8-15(16)21-12-10-13-6-5-7-14(17(13)21)18(23)20-22/h2-9H,1,10-12H2. The maximum atomic E-state index is 12.9. The number of rotatable bonds is 2. The van der Waals surface area contributed by atoms with Gasteiger partial charge in [-0.15, -0.1) is 11.7 Å². The third-order valence-electron chi connectivity index (χ3n) is 4.79. The van der Waals surface area contributed by atoms with Crippen LogP contribution < -0.4 is 10.6 Å². The third kappa shape index (κ3) is 1.58. The molecule has 0 saturated carbocycles. The molecule has 5 heteroatoms. The maximum Gasteiger partial charge on any atom is 0.351 e. The highest BCUT2D eigenvalue weighted by atomic mass is 16.2. The summed E-state index contributed by atoms with van der Waals surface area (Å²) in [4.78, 5) is 15.2. The molecule has 118 valence electrons. The van der Waals surface area contributed by atoms with Gasteiger partial charge in [0.25, 0.3) is 0 Å².